The predicted octanol–water partition coefficient (Wildman–Crippen LogP) is 1.70. The molecule has 2 aliphatic rings. The molecule has 2 aliphatic heterocycles. The molecule has 2 fully saturated rings. The quantitative estimate of drug-likeness (QED) is 0.630. The summed E-state index contributed by atoms with van der Waals surface area (Å²) in [6, 6.07) is 0.571. The van der Waals surface area contributed by atoms with Gasteiger partial charge in [0.25, 0.3) is 0 Å². The Hall–Kier alpha value is -0.770. The lowest BCUT2D eigenvalue weighted by molar-refractivity contribution is 0.00926. The third kappa shape index (κ3) is 2.67. The van der Waals surface area contributed by atoms with Crippen molar-refractivity contribution >= 4 is 6.09 Å². The first kappa shape index (κ1) is 11.7. The normalized spacial score (nSPS) is 26.7. The van der Waals surface area contributed by atoms with Gasteiger partial charge in [-0.25, -0.2) is 4.79 Å². The SMILES string of the molecule is CC(C)(C)OC(=O)N1CCN2CCC[C@H]2C1. The Kier molecular flexibility index (Phi) is 3.10. The Balaban J connectivity index is 1.89. The van der Waals surface area contributed by atoms with Gasteiger partial charge in [-0.2, -0.15) is 0 Å². The molecule has 0 aromatic rings. The van der Waals surface area contributed by atoms with Gasteiger partial charge < -0.3 is 9.64 Å². The van der Waals surface area contributed by atoms with Crippen LogP contribution in [0.25, 0.3) is 0 Å². The number of nitrogens with zero attached hydrogens (tertiary/aromatic N) is 2. The topological polar surface area (TPSA) is 32.8 Å². The van der Waals surface area contributed by atoms with Gasteiger partial charge in [-0.05, 0) is 40.2 Å². The Labute approximate surface area is 97.5 Å². The zero-order valence-corrected chi connectivity index (χ0v) is 10.5. The molecule has 2 rings (SSSR count). The summed E-state index contributed by atoms with van der Waals surface area (Å²) in [5.41, 5.74) is -0.385. The van der Waals surface area contributed by atoms with E-state index >= 15 is 0 Å². The number of amides is 1. The summed E-state index contributed by atoms with van der Waals surface area (Å²) in [5, 5.41) is 0. The van der Waals surface area contributed by atoms with Crippen molar-refractivity contribution in [1.29, 1.82) is 0 Å². The molecule has 92 valence electrons. The van der Waals surface area contributed by atoms with Crippen LogP contribution in [0.5, 0.6) is 0 Å². The van der Waals surface area contributed by atoms with E-state index < -0.39 is 0 Å². The molecule has 0 radical (unpaired) electrons. The van der Waals surface area contributed by atoms with Gasteiger partial charge in [-0.1, -0.05) is 0 Å². The summed E-state index contributed by atoms with van der Waals surface area (Å²) in [5.74, 6) is 0. The van der Waals surface area contributed by atoms with E-state index in [9.17, 15) is 4.79 Å². The molecular formula is C12H22N2O2. The van der Waals surface area contributed by atoms with Gasteiger partial charge in [0.2, 0.25) is 0 Å². The Morgan fingerprint density at radius 2 is 2.00 bits per heavy atom. The zero-order valence-electron chi connectivity index (χ0n) is 10.5. The molecule has 1 atom stereocenters. The van der Waals surface area contributed by atoms with Crippen molar-refractivity contribution in [3.8, 4) is 0 Å². The highest BCUT2D eigenvalue weighted by Crippen LogP contribution is 2.22. The van der Waals surface area contributed by atoms with Gasteiger partial charge in [0.15, 0.2) is 0 Å². The van der Waals surface area contributed by atoms with E-state index in [0.717, 1.165) is 19.6 Å². The lowest BCUT2D eigenvalue weighted by Crippen LogP contribution is -2.53. The minimum Gasteiger partial charge on any atom is -0.444 e. The maximum absolute atomic E-state index is 11.9. The molecule has 1 amide bonds. The largest absolute Gasteiger partial charge is 0.444 e. The van der Waals surface area contributed by atoms with Gasteiger partial charge in [-0.15, -0.1) is 0 Å². The van der Waals surface area contributed by atoms with Crippen LogP contribution in [0.2, 0.25) is 0 Å². The first-order valence-corrected chi connectivity index (χ1v) is 6.18. The van der Waals surface area contributed by atoms with Gasteiger partial charge >= 0.3 is 6.09 Å². The van der Waals surface area contributed by atoms with Crippen LogP contribution in [0.3, 0.4) is 0 Å². The van der Waals surface area contributed by atoms with E-state index in [-0.39, 0.29) is 11.7 Å². The number of fused-ring (bicyclic) bond motifs is 1. The molecule has 4 nitrogen and oxygen atoms in total. The van der Waals surface area contributed by atoms with Crippen molar-refractivity contribution in [2.24, 2.45) is 0 Å². The van der Waals surface area contributed by atoms with Crippen LogP contribution >= 0.6 is 0 Å². The predicted molar refractivity (Wildman–Crippen MR) is 62.4 cm³/mol. The molecule has 0 saturated carbocycles. The third-order valence-corrected chi connectivity index (χ3v) is 3.24. The maximum atomic E-state index is 11.9. The molecule has 0 bridgehead atoms. The zero-order chi connectivity index (χ0) is 11.8. The second-order valence-corrected chi connectivity index (χ2v) is 5.76. The number of piperazine rings is 1. The Morgan fingerprint density at radius 1 is 1.25 bits per heavy atom. The molecule has 16 heavy (non-hydrogen) atoms. The molecule has 0 aromatic heterocycles. The van der Waals surface area contributed by atoms with Crippen LogP contribution in [0.15, 0.2) is 0 Å². The van der Waals surface area contributed by atoms with Crippen LogP contribution < -0.4 is 0 Å². The van der Waals surface area contributed by atoms with Crippen LogP contribution in [-0.2, 0) is 4.74 Å². The van der Waals surface area contributed by atoms with Crippen molar-refractivity contribution in [2.45, 2.75) is 45.3 Å². The number of hydrogen-bond acceptors (Lipinski definition) is 3. The van der Waals surface area contributed by atoms with E-state index in [2.05, 4.69) is 4.90 Å². The van der Waals surface area contributed by atoms with E-state index in [4.69, 9.17) is 4.74 Å². The summed E-state index contributed by atoms with van der Waals surface area (Å²) < 4.78 is 5.39. The Morgan fingerprint density at radius 3 is 2.69 bits per heavy atom. The van der Waals surface area contributed by atoms with Gasteiger partial charge in [0.05, 0.1) is 0 Å². The molecule has 2 heterocycles. The van der Waals surface area contributed by atoms with Crippen LogP contribution in [0.4, 0.5) is 4.79 Å². The summed E-state index contributed by atoms with van der Waals surface area (Å²) in [4.78, 5) is 16.2. The number of rotatable bonds is 0. The summed E-state index contributed by atoms with van der Waals surface area (Å²) >= 11 is 0. The minimum atomic E-state index is -0.385. The van der Waals surface area contributed by atoms with Crippen molar-refractivity contribution in [2.75, 3.05) is 26.2 Å². The summed E-state index contributed by atoms with van der Waals surface area (Å²) in [6.07, 6.45) is 2.34. The molecule has 0 N–H and O–H groups in total. The second kappa shape index (κ2) is 4.24. The fourth-order valence-corrected chi connectivity index (χ4v) is 2.48. The monoisotopic (exact) mass is 226 g/mol. The first-order valence-electron chi connectivity index (χ1n) is 6.18. The second-order valence-electron chi connectivity index (χ2n) is 5.76. The van der Waals surface area contributed by atoms with Crippen molar-refractivity contribution in [1.82, 2.24) is 9.80 Å². The fourth-order valence-electron chi connectivity index (χ4n) is 2.48. The number of hydrogen-bond donors (Lipinski definition) is 0. The average molecular weight is 226 g/mol. The van der Waals surface area contributed by atoms with Crippen molar-refractivity contribution in [3.63, 3.8) is 0 Å². The lowest BCUT2D eigenvalue weighted by atomic mass is 10.1. The molecule has 0 aromatic carbocycles. The van der Waals surface area contributed by atoms with Gasteiger partial charge in [0.1, 0.15) is 5.60 Å². The number of ether oxygens (including phenoxy) is 1. The lowest BCUT2D eigenvalue weighted by Gasteiger charge is -2.37. The maximum Gasteiger partial charge on any atom is 0.410 e. The van der Waals surface area contributed by atoms with Crippen molar-refractivity contribution < 1.29 is 9.53 Å². The smallest absolute Gasteiger partial charge is 0.410 e. The molecule has 4 heteroatoms. The summed E-state index contributed by atoms with van der Waals surface area (Å²) in [7, 11) is 0. The fraction of sp³-hybridized carbons (Fsp3) is 0.917. The standard InChI is InChI=1S/C12H22N2O2/c1-12(2,3)16-11(15)14-8-7-13-6-4-5-10(13)9-14/h10H,4-9H2,1-3H3/t10-/m0/s1. The van der Waals surface area contributed by atoms with Crippen LogP contribution in [0, 0.1) is 0 Å². The van der Waals surface area contributed by atoms with Gasteiger partial charge in [0, 0.05) is 25.7 Å². The van der Waals surface area contributed by atoms with E-state index in [1.165, 1.54) is 19.4 Å². The van der Waals surface area contributed by atoms with Crippen LogP contribution in [0.1, 0.15) is 33.6 Å². The highest BCUT2D eigenvalue weighted by Gasteiger charge is 2.34. The third-order valence-electron chi connectivity index (χ3n) is 3.24. The number of carbonyl (C=O) groups excluding carboxylic acids is 1. The van der Waals surface area contributed by atoms with E-state index in [0.29, 0.717) is 6.04 Å². The first-order chi connectivity index (χ1) is 7.46. The molecule has 0 aliphatic carbocycles. The van der Waals surface area contributed by atoms with E-state index in [1.807, 2.05) is 25.7 Å². The number of carbonyl (C=O) groups is 1. The minimum absolute atomic E-state index is 0.154. The highest BCUT2D eigenvalue weighted by molar-refractivity contribution is 5.68. The average Bonchev–Trinajstić information content (AvgIpc) is 2.61. The van der Waals surface area contributed by atoms with Gasteiger partial charge in [-0.3, -0.25) is 4.90 Å². The molecule has 0 unspecified atom stereocenters. The molecular weight excluding hydrogens is 204 g/mol. The summed E-state index contributed by atoms with van der Waals surface area (Å²) in [6.45, 7) is 9.60. The molecule has 2 saturated heterocycles. The van der Waals surface area contributed by atoms with Crippen LogP contribution in [-0.4, -0.2) is 53.7 Å². The Bertz CT molecular complexity index is 273. The highest BCUT2D eigenvalue weighted by atomic mass is 16.6. The van der Waals surface area contributed by atoms with Crippen molar-refractivity contribution in [3.05, 3.63) is 0 Å². The van der Waals surface area contributed by atoms with E-state index in [1.54, 1.807) is 0 Å². The molecule has 0 spiro atoms.